The molecule has 0 aliphatic carbocycles. The molecule has 0 spiro atoms. The summed E-state index contributed by atoms with van der Waals surface area (Å²) in [6, 6.07) is 6.78. The third-order valence-electron chi connectivity index (χ3n) is 10.6. The van der Waals surface area contributed by atoms with Crippen LogP contribution in [-0.2, 0) is 34.2 Å². The van der Waals surface area contributed by atoms with Crippen LogP contribution in [0.3, 0.4) is 0 Å². The van der Waals surface area contributed by atoms with E-state index in [1.165, 1.54) is 34.1 Å². The highest BCUT2D eigenvalue weighted by Crippen LogP contribution is 2.59. The lowest BCUT2D eigenvalue weighted by Crippen LogP contribution is -2.59. The van der Waals surface area contributed by atoms with E-state index in [4.69, 9.17) is 9.79 Å². The molecule has 3 aliphatic rings. The minimum absolute atomic E-state index is 0.0127. The molecule has 5 N–H and O–H groups in total. The summed E-state index contributed by atoms with van der Waals surface area (Å²) in [5.74, 6) is 1.48. The fourth-order valence-corrected chi connectivity index (χ4v) is 8.57. The second kappa shape index (κ2) is 17.8. The highest BCUT2D eigenvalue weighted by atomic mass is 32.1. The Hall–Kier alpha value is -5.87. The van der Waals surface area contributed by atoms with Gasteiger partial charge in [0.15, 0.2) is 0 Å². The molecule has 21 heteroatoms. The monoisotopic (exact) mass is 896 g/mol. The summed E-state index contributed by atoms with van der Waals surface area (Å²) in [4.78, 5) is 125. The number of amides is 8. The summed E-state index contributed by atoms with van der Waals surface area (Å²) in [6.07, 6.45) is 0.461. The molecule has 6 rings (SSSR count). The largest absolute Gasteiger partial charge is 0.399 e. The molecular weight excluding hydrogens is 854 g/mol. The third-order valence-corrected chi connectivity index (χ3v) is 12.7. The number of unbranched alkanes of at least 4 members (excludes halogenated alkanes) is 1. The number of benzene rings is 2. The van der Waals surface area contributed by atoms with Gasteiger partial charge in [0.1, 0.15) is 18.5 Å². The Balaban J connectivity index is 0.937. The van der Waals surface area contributed by atoms with Crippen LogP contribution in [-0.4, -0.2) is 117 Å². The van der Waals surface area contributed by atoms with Gasteiger partial charge >= 0.3 is 13.3 Å². The van der Waals surface area contributed by atoms with Crippen LogP contribution in [0.25, 0.3) is 10.1 Å². The van der Waals surface area contributed by atoms with Crippen molar-refractivity contribution in [1.82, 2.24) is 30.7 Å². The molecule has 328 valence electrons. The van der Waals surface area contributed by atoms with Crippen molar-refractivity contribution >= 4 is 76.3 Å². The number of nitrogens with zero attached hydrogens (tertiary/aromatic N) is 3. The first-order valence-electron chi connectivity index (χ1n) is 19.5. The molecule has 2 atom stereocenters. The average Bonchev–Trinajstić information content (AvgIpc) is 3.74. The smallest absolute Gasteiger partial charge is 0.356 e. The van der Waals surface area contributed by atoms with Gasteiger partial charge < -0.3 is 30.2 Å². The maximum absolute atomic E-state index is 14.3. The summed E-state index contributed by atoms with van der Waals surface area (Å²) in [5, 5.41) is 7.76. The highest BCUT2D eigenvalue weighted by molar-refractivity contribution is 7.52. The minimum atomic E-state index is -5.80. The molecule has 1 aromatic heterocycles. The van der Waals surface area contributed by atoms with Crippen LogP contribution in [0.4, 0.5) is 8.78 Å². The number of alkyl halides is 2. The number of hydrogen-bond donors (Lipinski definition) is 5. The second-order valence-electron chi connectivity index (χ2n) is 16.1. The van der Waals surface area contributed by atoms with Crippen LogP contribution in [0, 0.1) is 17.3 Å². The number of imide groups is 2. The topological polar surface area (TPSA) is 240 Å². The predicted molar refractivity (Wildman–Crippen MR) is 218 cm³/mol. The van der Waals surface area contributed by atoms with E-state index in [9.17, 15) is 51.7 Å². The van der Waals surface area contributed by atoms with Crippen LogP contribution < -0.4 is 16.0 Å². The Morgan fingerprint density at radius 2 is 1.63 bits per heavy atom. The summed E-state index contributed by atoms with van der Waals surface area (Å²) < 4.78 is 40.4. The fraction of sp³-hybridized carbons (Fsp3) is 0.415. The van der Waals surface area contributed by atoms with Gasteiger partial charge in [0.25, 0.3) is 17.7 Å². The summed E-state index contributed by atoms with van der Waals surface area (Å²) in [7, 11) is -5.80. The average molecular weight is 897 g/mol. The van der Waals surface area contributed by atoms with Gasteiger partial charge in [-0.2, -0.15) is 8.78 Å². The molecule has 8 amide bonds. The molecule has 17 nitrogen and oxygen atoms in total. The number of thiophene rings is 1. The fourth-order valence-electron chi connectivity index (χ4n) is 7.15. The molecule has 1 unspecified atom stereocenters. The SMILES string of the molecule is CC(C)(C)[C@H](NC(=O)c1cc2cc(C(F)(F)P(=O)(O)O)ccc2s1)C(=O)N1CCN(C(=O)CC(=O)NCCCC#Cc2ccc3c(c2)C(=O)N(C2CCC(=O)NC2=O)C3=O)CC1. The zero-order valence-corrected chi connectivity index (χ0v) is 35.5. The third kappa shape index (κ3) is 9.76. The zero-order valence-electron chi connectivity index (χ0n) is 33.8. The first-order chi connectivity index (χ1) is 29.1. The molecule has 4 heterocycles. The van der Waals surface area contributed by atoms with Crippen LogP contribution >= 0.6 is 18.9 Å². The minimum Gasteiger partial charge on any atom is -0.356 e. The van der Waals surface area contributed by atoms with Crippen molar-refractivity contribution in [2.24, 2.45) is 5.41 Å². The van der Waals surface area contributed by atoms with Crippen molar-refractivity contribution in [2.45, 2.75) is 70.6 Å². The lowest BCUT2D eigenvalue weighted by Gasteiger charge is -2.39. The number of fused-ring (bicyclic) bond motifs is 2. The van der Waals surface area contributed by atoms with Gasteiger partial charge in [-0.3, -0.25) is 53.1 Å². The number of nitrogens with one attached hydrogen (secondary N) is 3. The maximum atomic E-state index is 14.3. The van der Waals surface area contributed by atoms with E-state index in [0.29, 0.717) is 23.1 Å². The number of hydrogen-bond acceptors (Lipinski definition) is 10. The van der Waals surface area contributed by atoms with Crippen LogP contribution in [0.1, 0.15) is 94.4 Å². The summed E-state index contributed by atoms with van der Waals surface area (Å²) in [5.41, 5.74) is -5.37. The van der Waals surface area contributed by atoms with E-state index in [-0.39, 0.29) is 67.0 Å². The zero-order chi connectivity index (χ0) is 45.3. The number of rotatable bonds is 11. The van der Waals surface area contributed by atoms with Gasteiger partial charge in [0, 0.05) is 61.4 Å². The Labute approximate surface area is 357 Å². The number of halogens is 2. The van der Waals surface area contributed by atoms with Crippen molar-refractivity contribution in [1.29, 1.82) is 0 Å². The van der Waals surface area contributed by atoms with Crippen LogP contribution in [0.2, 0.25) is 0 Å². The van der Waals surface area contributed by atoms with E-state index >= 15 is 0 Å². The normalized spacial score (nSPS) is 17.6. The van der Waals surface area contributed by atoms with Crippen LogP contribution in [0.15, 0.2) is 42.5 Å². The highest BCUT2D eigenvalue weighted by Gasteiger charge is 2.50. The lowest BCUT2D eigenvalue weighted by molar-refractivity contribution is -0.144. The maximum Gasteiger partial charge on any atom is 0.399 e. The number of carbonyl (C=O) groups excluding carboxylic acids is 8. The standard InChI is InChI=1S/C41H43F2N6O11PS/c1-40(2,3)34(46-36(54)30-21-24-20-25(9-12-29(24)62-30)41(42,43)61(58,59)60)39(57)48-17-15-47(16-18-48)33(52)22-32(51)44-14-6-4-5-7-23-8-10-26-27(19-23)38(56)49(37(26)55)28-11-13-31(50)45-35(28)53/h8-10,12,19-21,28,34H,4,6,11,13-18,22H2,1-3H3,(H,44,51)(H,46,54)(H,45,50,53)(H2,58,59,60)/t28?,34-/m1/s1. The van der Waals surface area contributed by atoms with Gasteiger partial charge in [0.05, 0.1) is 16.0 Å². The summed E-state index contributed by atoms with van der Waals surface area (Å²) in [6.45, 7) is 6.07. The van der Waals surface area contributed by atoms with Gasteiger partial charge in [-0.05, 0) is 60.0 Å². The predicted octanol–water partition coefficient (Wildman–Crippen LogP) is 2.68. The van der Waals surface area contributed by atoms with Crippen molar-refractivity contribution in [3.05, 3.63) is 69.6 Å². The van der Waals surface area contributed by atoms with Crippen molar-refractivity contribution in [3.63, 3.8) is 0 Å². The number of piperazine rings is 1. The van der Waals surface area contributed by atoms with Crippen molar-refractivity contribution < 1.29 is 61.5 Å². The van der Waals surface area contributed by atoms with Gasteiger partial charge in [0.2, 0.25) is 29.5 Å². The molecule has 3 aromatic rings. The van der Waals surface area contributed by atoms with Gasteiger partial charge in [-0.15, -0.1) is 11.3 Å². The molecule has 0 radical (unpaired) electrons. The molecule has 2 saturated heterocycles. The Bertz CT molecular complexity index is 2500. The molecule has 62 heavy (non-hydrogen) atoms. The first kappa shape index (κ1) is 45.7. The van der Waals surface area contributed by atoms with Crippen LogP contribution in [0.5, 0.6) is 0 Å². The molecule has 2 aromatic carbocycles. The Morgan fingerprint density at radius 3 is 2.29 bits per heavy atom. The van der Waals surface area contributed by atoms with Gasteiger partial charge in [-0.1, -0.05) is 38.7 Å². The first-order valence-corrected chi connectivity index (χ1v) is 22.0. The van der Waals surface area contributed by atoms with E-state index in [0.717, 1.165) is 28.4 Å². The van der Waals surface area contributed by atoms with E-state index in [1.54, 1.807) is 26.8 Å². The van der Waals surface area contributed by atoms with Crippen molar-refractivity contribution in [2.75, 3.05) is 32.7 Å². The van der Waals surface area contributed by atoms with E-state index in [1.807, 2.05) is 0 Å². The number of piperidine rings is 1. The molecule has 2 fully saturated rings. The molecule has 3 aliphatic heterocycles. The number of carbonyl (C=O) groups is 8. The van der Waals surface area contributed by atoms with E-state index in [2.05, 4.69) is 27.8 Å². The summed E-state index contributed by atoms with van der Waals surface area (Å²) >= 11 is 0.961. The van der Waals surface area contributed by atoms with Crippen molar-refractivity contribution in [3.8, 4) is 11.8 Å². The Kier molecular flexibility index (Phi) is 13.1. The second-order valence-corrected chi connectivity index (χ2v) is 18.8. The quantitative estimate of drug-likeness (QED) is 0.0617. The molecule has 0 bridgehead atoms. The Morgan fingerprint density at radius 1 is 0.952 bits per heavy atom. The lowest BCUT2D eigenvalue weighted by atomic mass is 9.85. The molecular formula is C41H43F2N6O11PS. The van der Waals surface area contributed by atoms with E-state index < -0.39 is 90.0 Å². The molecule has 0 saturated carbocycles. The van der Waals surface area contributed by atoms with Gasteiger partial charge in [-0.25, -0.2) is 0 Å².